The number of halogens is 5. The first-order valence-electron chi connectivity index (χ1n) is 8.09. The minimum atomic E-state index is -2.52. The lowest BCUT2D eigenvalue weighted by molar-refractivity contribution is 0.468. The minimum Gasteiger partial charge on any atom is -0.203 e. The minimum absolute atomic E-state index is 0.120. The van der Waals surface area contributed by atoms with E-state index in [0.29, 0.717) is 4.50 Å². The predicted molar refractivity (Wildman–Crippen MR) is 98.1 cm³/mol. The maximum absolute atomic E-state index is 14.9. The molecular weight excluding hydrogens is 391 g/mol. The van der Waals surface area contributed by atoms with Crippen LogP contribution in [-0.4, -0.2) is 8.07 Å². The van der Waals surface area contributed by atoms with Crippen molar-refractivity contribution in [2.45, 2.75) is 58.2 Å². The fourth-order valence-corrected chi connectivity index (χ4v) is 15.0. The first-order valence-corrected chi connectivity index (χ1v) is 12.0. The van der Waals surface area contributed by atoms with Gasteiger partial charge in [0.1, 0.15) is 8.07 Å². The lowest BCUT2D eigenvalue weighted by Gasteiger charge is -2.42. The average molecular weight is 413 g/mol. The summed E-state index contributed by atoms with van der Waals surface area (Å²) in [6.07, 6.45) is 0. The highest BCUT2D eigenvalue weighted by Gasteiger charge is 2.48. The van der Waals surface area contributed by atoms with Crippen LogP contribution < -0.4 is 4.50 Å². The van der Waals surface area contributed by atoms with Gasteiger partial charge in [-0.3, -0.25) is 0 Å². The Bertz CT molecular complexity index is 755. The number of rotatable bonds is 5. The Labute approximate surface area is 153 Å². The van der Waals surface area contributed by atoms with Crippen LogP contribution in [0.3, 0.4) is 0 Å². The van der Waals surface area contributed by atoms with Gasteiger partial charge in [-0.2, -0.15) is 8.78 Å². The zero-order valence-corrected chi connectivity index (χ0v) is 17.6. The van der Waals surface area contributed by atoms with Crippen molar-refractivity contribution in [2.24, 2.45) is 0 Å². The number of hydrogen-bond acceptors (Lipinski definition) is 2. The van der Waals surface area contributed by atoms with Gasteiger partial charge >= 0.3 is 0 Å². The van der Waals surface area contributed by atoms with Crippen LogP contribution >= 0.6 is 22.7 Å². The summed E-state index contributed by atoms with van der Waals surface area (Å²) in [5, 5.41) is -1.36. The second-order valence-corrected chi connectivity index (χ2v) is 15.3. The van der Waals surface area contributed by atoms with E-state index in [0.717, 1.165) is 11.3 Å². The smallest absolute Gasteiger partial charge is 0.203 e. The van der Waals surface area contributed by atoms with E-state index in [1.807, 2.05) is 41.5 Å². The summed E-state index contributed by atoms with van der Waals surface area (Å²) in [5.41, 5.74) is 0.360. The highest BCUT2D eigenvalue weighted by Crippen LogP contribution is 2.46. The molecule has 8 heteroatoms. The molecule has 2 heterocycles. The summed E-state index contributed by atoms with van der Waals surface area (Å²) in [7, 11) is -2.52. The van der Waals surface area contributed by atoms with E-state index in [-0.39, 0.29) is 32.8 Å². The Kier molecular flexibility index (Phi) is 5.86. The molecule has 0 unspecified atom stereocenters. The standard InChI is InChI=1S/C17H21F5S2Si/c1-7(2)25(8(3)4,9(5)6)17-13(21)11(19)15(24-17)14-10(18)12(20)16(22)23-14/h7-9H,1-6H3. The van der Waals surface area contributed by atoms with Gasteiger partial charge in [-0.1, -0.05) is 52.9 Å². The van der Waals surface area contributed by atoms with E-state index in [1.54, 1.807) is 0 Å². The largest absolute Gasteiger partial charge is 0.216 e. The van der Waals surface area contributed by atoms with Gasteiger partial charge in [0, 0.05) is 4.50 Å². The van der Waals surface area contributed by atoms with Crippen molar-refractivity contribution in [3.8, 4) is 9.75 Å². The molecular formula is C17H21F5S2Si. The molecule has 2 aromatic heterocycles. The van der Waals surface area contributed by atoms with Gasteiger partial charge < -0.3 is 0 Å². The molecule has 0 saturated carbocycles. The Morgan fingerprint density at radius 2 is 1.00 bits per heavy atom. The van der Waals surface area contributed by atoms with Crippen molar-refractivity contribution >= 4 is 35.2 Å². The van der Waals surface area contributed by atoms with Crippen LogP contribution in [0.1, 0.15) is 41.5 Å². The van der Waals surface area contributed by atoms with Crippen molar-refractivity contribution in [1.82, 2.24) is 0 Å². The molecule has 0 N–H and O–H groups in total. The highest BCUT2D eigenvalue weighted by molar-refractivity contribution is 7.31. The predicted octanol–water partition coefficient (Wildman–Crippen LogP) is 7.06. The highest BCUT2D eigenvalue weighted by atomic mass is 32.1. The number of hydrogen-bond donors (Lipinski definition) is 0. The van der Waals surface area contributed by atoms with Crippen LogP contribution in [0.15, 0.2) is 0 Å². The first kappa shape index (κ1) is 20.6. The SMILES string of the molecule is CC(C)[Si](c1sc(-c2sc(F)c(F)c2F)c(F)c1F)(C(C)C)C(C)C. The molecule has 25 heavy (non-hydrogen) atoms. The van der Waals surface area contributed by atoms with Crippen LogP contribution in [-0.2, 0) is 0 Å². The van der Waals surface area contributed by atoms with Crippen LogP contribution in [0.2, 0.25) is 16.6 Å². The second kappa shape index (κ2) is 7.11. The van der Waals surface area contributed by atoms with Gasteiger partial charge in [-0.25, -0.2) is 13.2 Å². The molecule has 0 aliphatic carbocycles. The molecule has 0 aromatic carbocycles. The van der Waals surface area contributed by atoms with Gasteiger partial charge in [0.05, 0.1) is 9.75 Å². The van der Waals surface area contributed by atoms with Crippen LogP contribution in [0.5, 0.6) is 0 Å². The van der Waals surface area contributed by atoms with E-state index in [2.05, 4.69) is 0 Å². The Balaban J connectivity index is 2.79. The molecule has 140 valence electrons. The van der Waals surface area contributed by atoms with E-state index < -0.39 is 41.4 Å². The lowest BCUT2D eigenvalue weighted by atomic mass is 10.3. The molecule has 2 aromatic rings. The van der Waals surface area contributed by atoms with Gasteiger partial charge in [-0.05, 0) is 16.6 Å². The molecule has 0 aliphatic rings. The summed E-state index contributed by atoms with van der Waals surface area (Å²) in [6, 6.07) is 0. The molecule has 0 saturated heterocycles. The summed E-state index contributed by atoms with van der Waals surface area (Å²) in [5.74, 6) is -5.30. The van der Waals surface area contributed by atoms with E-state index in [9.17, 15) is 22.0 Å². The van der Waals surface area contributed by atoms with Crippen LogP contribution in [0.4, 0.5) is 22.0 Å². The fraction of sp³-hybridized carbons (Fsp3) is 0.529. The van der Waals surface area contributed by atoms with Gasteiger partial charge in [-0.15, -0.1) is 11.3 Å². The number of thiophene rings is 2. The zero-order valence-electron chi connectivity index (χ0n) is 14.9. The molecule has 0 atom stereocenters. The normalized spacial score (nSPS) is 12.9. The summed E-state index contributed by atoms with van der Waals surface area (Å²) < 4.78 is 70.4. The van der Waals surface area contributed by atoms with Crippen molar-refractivity contribution in [1.29, 1.82) is 0 Å². The molecule has 0 amide bonds. The Morgan fingerprint density at radius 1 is 0.600 bits per heavy atom. The third kappa shape index (κ3) is 3.00. The maximum Gasteiger partial charge on any atom is 0.216 e. The topological polar surface area (TPSA) is 0 Å². The van der Waals surface area contributed by atoms with Crippen molar-refractivity contribution in [2.75, 3.05) is 0 Å². The Morgan fingerprint density at radius 3 is 1.36 bits per heavy atom. The van der Waals surface area contributed by atoms with Crippen LogP contribution in [0, 0.1) is 28.4 Å². The fourth-order valence-electron chi connectivity index (χ4n) is 4.11. The molecule has 2 rings (SSSR count). The van der Waals surface area contributed by atoms with E-state index in [4.69, 9.17) is 0 Å². The van der Waals surface area contributed by atoms with E-state index in [1.165, 1.54) is 0 Å². The summed E-state index contributed by atoms with van der Waals surface area (Å²) in [6.45, 7) is 12.0. The lowest BCUT2D eigenvalue weighted by Crippen LogP contribution is -2.55. The van der Waals surface area contributed by atoms with Gasteiger partial charge in [0.2, 0.25) is 10.9 Å². The molecule has 0 fully saturated rings. The molecule has 0 spiro atoms. The molecule has 0 nitrogen and oxygen atoms in total. The summed E-state index contributed by atoms with van der Waals surface area (Å²) in [4.78, 5) is -0.863. The van der Waals surface area contributed by atoms with Crippen molar-refractivity contribution in [3.63, 3.8) is 0 Å². The maximum atomic E-state index is 14.9. The first-order chi connectivity index (χ1) is 11.5. The van der Waals surface area contributed by atoms with Gasteiger partial charge in [0.25, 0.3) is 0 Å². The quantitative estimate of drug-likeness (QED) is 0.364. The van der Waals surface area contributed by atoms with Crippen molar-refractivity contribution in [3.05, 3.63) is 28.4 Å². The second-order valence-electron chi connectivity index (χ2n) is 7.12. The molecule has 0 bridgehead atoms. The zero-order chi connectivity index (χ0) is 19.3. The summed E-state index contributed by atoms with van der Waals surface area (Å²) >= 11 is 0.985. The molecule has 0 radical (unpaired) electrons. The van der Waals surface area contributed by atoms with E-state index >= 15 is 0 Å². The monoisotopic (exact) mass is 412 g/mol. The van der Waals surface area contributed by atoms with Gasteiger partial charge in [0.15, 0.2) is 17.5 Å². The van der Waals surface area contributed by atoms with Crippen LogP contribution in [0.25, 0.3) is 9.75 Å². The third-order valence-electron chi connectivity index (χ3n) is 5.02. The third-order valence-corrected chi connectivity index (χ3v) is 15.2. The Hall–Kier alpha value is -0.733. The average Bonchev–Trinajstić information content (AvgIpc) is 2.92. The van der Waals surface area contributed by atoms with Crippen molar-refractivity contribution < 1.29 is 22.0 Å². The molecule has 0 aliphatic heterocycles.